The monoisotopic (exact) mass is 286 g/mol. The number of rotatable bonds is 3. The van der Waals surface area contributed by atoms with E-state index in [1.54, 1.807) is 0 Å². The van der Waals surface area contributed by atoms with Crippen LogP contribution in [0, 0.1) is 5.82 Å². The van der Waals surface area contributed by atoms with Gasteiger partial charge in [-0.3, -0.25) is 0 Å². The highest BCUT2D eigenvalue weighted by molar-refractivity contribution is 9.10. The van der Waals surface area contributed by atoms with Crippen molar-refractivity contribution in [1.29, 1.82) is 0 Å². The van der Waals surface area contributed by atoms with E-state index >= 15 is 0 Å². The SMILES string of the molecule is CN1CCC(NCc2ccc(F)cc2Br)C1. The minimum atomic E-state index is -0.198. The topological polar surface area (TPSA) is 15.3 Å². The molecule has 1 aromatic rings. The highest BCUT2D eigenvalue weighted by Crippen LogP contribution is 2.18. The van der Waals surface area contributed by atoms with Gasteiger partial charge in [0.05, 0.1) is 0 Å². The van der Waals surface area contributed by atoms with Crippen LogP contribution >= 0.6 is 15.9 Å². The van der Waals surface area contributed by atoms with Crippen molar-refractivity contribution in [2.45, 2.75) is 19.0 Å². The maximum atomic E-state index is 12.9. The average molecular weight is 287 g/mol. The van der Waals surface area contributed by atoms with Crippen molar-refractivity contribution >= 4 is 15.9 Å². The van der Waals surface area contributed by atoms with E-state index in [1.807, 2.05) is 6.07 Å². The van der Waals surface area contributed by atoms with Crippen molar-refractivity contribution in [2.75, 3.05) is 20.1 Å². The summed E-state index contributed by atoms with van der Waals surface area (Å²) < 4.78 is 13.7. The molecule has 0 saturated carbocycles. The molecule has 1 aliphatic heterocycles. The molecule has 2 rings (SSSR count). The van der Waals surface area contributed by atoms with Gasteiger partial charge in [-0.15, -0.1) is 0 Å². The molecule has 16 heavy (non-hydrogen) atoms. The maximum absolute atomic E-state index is 12.9. The lowest BCUT2D eigenvalue weighted by Crippen LogP contribution is -2.31. The van der Waals surface area contributed by atoms with Gasteiger partial charge in [-0.25, -0.2) is 4.39 Å². The van der Waals surface area contributed by atoms with Gasteiger partial charge in [-0.05, 0) is 37.7 Å². The second-order valence-electron chi connectivity index (χ2n) is 4.36. The number of likely N-dealkylation sites (tertiary alicyclic amines) is 1. The summed E-state index contributed by atoms with van der Waals surface area (Å²) in [5, 5.41) is 3.49. The summed E-state index contributed by atoms with van der Waals surface area (Å²) in [6, 6.07) is 5.40. The number of halogens is 2. The second kappa shape index (κ2) is 5.25. The van der Waals surface area contributed by atoms with Crippen LogP contribution in [0.5, 0.6) is 0 Å². The number of hydrogen-bond donors (Lipinski definition) is 1. The van der Waals surface area contributed by atoms with Crippen LogP contribution in [0.15, 0.2) is 22.7 Å². The molecule has 0 radical (unpaired) electrons. The normalized spacial score (nSPS) is 21.6. The third-order valence-electron chi connectivity index (χ3n) is 2.99. The highest BCUT2D eigenvalue weighted by Gasteiger charge is 2.18. The first-order valence-electron chi connectivity index (χ1n) is 5.51. The zero-order valence-electron chi connectivity index (χ0n) is 9.34. The third kappa shape index (κ3) is 3.03. The first-order valence-corrected chi connectivity index (χ1v) is 6.30. The summed E-state index contributed by atoms with van der Waals surface area (Å²) in [5.41, 5.74) is 1.11. The van der Waals surface area contributed by atoms with Gasteiger partial charge in [0.15, 0.2) is 0 Å². The summed E-state index contributed by atoms with van der Waals surface area (Å²) in [4.78, 5) is 2.32. The molecule has 1 N–H and O–H groups in total. The number of benzene rings is 1. The van der Waals surface area contributed by atoms with Crippen LogP contribution in [-0.2, 0) is 6.54 Å². The molecule has 88 valence electrons. The van der Waals surface area contributed by atoms with Crippen molar-refractivity contribution in [3.63, 3.8) is 0 Å². The van der Waals surface area contributed by atoms with Crippen molar-refractivity contribution < 1.29 is 4.39 Å². The zero-order valence-corrected chi connectivity index (χ0v) is 10.9. The number of likely N-dealkylation sites (N-methyl/N-ethyl adjacent to an activating group) is 1. The quantitative estimate of drug-likeness (QED) is 0.918. The lowest BCUT2D eigenvalue weighted by atomic mass is 10.2. The molecule has 0 amide bonds. The first-order chi connectivity index (χ1) is 7.65. The van der Waals surface area contributed by atoms with E-state index in [4.69, 9.17) is 0 Å². The minimum Gasteiger partial charge on any atom is -0.309 e. The fourth-order valence-corrected chi connectivity index (χ4v) is 2.51. The fourth-order valence-electron chi connectivity index (χ4n) is 2.02. The molecule has 2 nitrogen and oxygen atoms in total. The Kier molecular flexibility index (Phi) is 3.95. The largest absolute Gasteiger partial charge is 0.309 e. The zero-order chi connectivity index (χ0) is 11.5. The minimum absolute atomic E-state index is 0.198. The molecule has 1 aliphatic rings. The molecular formula is C12H16BrFN2. The van der Waals surface area contributed by atoms with E-state index < -0.39 is 0 Å². The predicted octanol–water partition coefficient (Wildman–Crippen LogP) is 2.38. The van der Waals surface area contributed by atoms with Crippen molar-refractivity contribution in [1.82, 2.24) is 10.2 Å². The predicted molar refractivity (Wildman–Crippen MR) is 66.8 cm³/mol. The van der Waals surface area contributed by atoms with E-state index in [2.05, 4.69) is 33.2 Å². The molecule has 0 aliphatic carbocycles. The van der Waals surface area contributed by atoms with Gasteiger partial charge in [-0.2, -0.15) is 0 Å². The molecule has 0 aromatic heterocycles. The van der Waals surface area contributed by atoms with Gasteiger partial charge in [0.1, 0.15) is 5.82 Å². The smallest absolute Gasteiger partial charge is 0.124 e. The second-order valence-corrected chi connectivity index (χ2v) is 5.22. The molecule has 4 heteroatoms. The van der Waals surface area contributed by atoms with Crippen LogP contribution in [0.2, 0.25) is 0 Å². The Morgan fingerprint density at radius 3 is 3.00 bits per heavy atom. The van der Waals surface area contributed by atoms with E-state index in [0.717, 1.165) is 29.7 Å². The summed E-state index contributed by atoms with van der Waals surface area (Å²) in [7, 11) is 2.13. The van der Waals surface area contributed by atoms with E-state index in [9.17, 15) is 4.39 Å². The van der Waals surface area contributed by atoms with Crippen LogP contribution < -0.4 is 5.32 Å². The van der Waals surface area contributed by atoms with Gasteiger partial charge in [-0.1, -0.05) is 22.0 Å². The molecule has 0 bridgehead atoms. The standard InChI is InChI=1S/C12H16BrFN2/c1-16-5-4-11(8-16)15-7-9-2-3-10(14)6-12(9)13/h2-3,6,11,15H,4-5,7-8H2,1H3. The van der Waals surface area contributed by atoms with E-state index in [-0.39, 0.29) is 5.82 Å². The Hall–Kier alpha value is -0.450. The van der Waals surface area contributed by atoms with E-state index in [0.29, 0.717) is 6.04 Å². The van der Waals surface area contributed by atoms with Gasteiger partial charge in [0.25, 0.3) is 0 Å². The average Bonchev–Trinajstić information content (AvgIpc) is 2.63. The molecule has 1 saturated heterocycles. The Balaban J connectivity index is 1.89. The van der Waals surface area contributed by atoms with Crippen molar-refractivity contribution in [3.05, 3.63) is 34.1 Å². The van der Waals surface area contributed by atoms with Gasteiger partial charge >= 0.3 is 0 Å². The first kappa shape index (κ1) is 12.0. The van der Waals surface area contributed by atoms with Crippen LogP contribution in [0.4, 0.5) is 4.39 Å². The Bertz CT molecular complexity index is 370. The summed E-state index contributed by atoms with van der Waals surface area (Å²) in [5.74, 6) is -0.198. The molecule has 1 unspecified atom stereocenters. The summed E-state index contributed by atoms with van der Waals surface area (Å²) >= 11 is 3.38. The maximum Gasteiger partial charge on any atom is 0.124 e. The fraction of sp³-hybridized carbons (Fsp3) is 0.500. The Morgan fingerprint density at radius 1 is 1.56 bits per heavy atom. The Morgan fingerprint density at radius 2 is 2.38 bits per heavy atom. The lowest BCUT2D eigenvalue weighted by molar-refractivity contribution is 0.397. The van der Waals surface area contributed by atoms with Crippen LogP contribution in [0.3, 0.4) is 0 Å². The van der Waals surface area contributed by atoms with Gasteiger partial charge < -0.3 is 10.2 Å². The molecule has 0 spiro atoms. The number of nitrogens with zero attached hydrogens (tertiary/aromatic N) is 1. The molecule has 1 aromatic carbocycles. The molecule has 1 atom stereocenters. The Labute approximate surface area is 104 Å². The molecule has 1 heterocycles. The van der Waals surface area contributed by atoms with Crippen molar-refractivity contribution in [2.24, 2.45) is 0 Å². The van der Waals surface area contributed by atoms with Crippen LogP contribution in [0.1, 0.15) is 12.0 Å². The van der Waals surface area contributed by atoms with Crippen LogP contribution in [0.25, 0.3) is 0 Å². The summed E-state index contributed by atoms with van der Waals surface area (Å²) in [6.45, 7) is 3.04. The highest BCUT2D eigenvalue weighted by atomic mass is 79.9. The van der Waals surface area contributed by atoms with Gasteiger partial charge in [0.2, 0.25) is 0 Å². The molecule has 1 fully saturated rings. The lowest BCUT2D eigenvalue weighted by Gasteiger charge is -2.13. The van der Waals surface area contributed by atoms with Crippen LogP contribution in [-0.4, -0.2) is 31.1 Å². The van der Waals surface area contributed by atoms with Crippen molar-refractivity contribution in [3.8, 4) is 0 Å². The number of nitrogens with one attached hydrogen (secondary N) is 1. The third-order valence-corrected chi connectivity index (χ3v) is 3.73. The summed E-state index contributed by atoms with van der Waals surface area (Å²) in [6.07, 6.45) is 1.19. The molecular weight excluding hydrogens is 271 g/mol. The van der Waals surface area contributed by atoms with Gasteiger partial charge in [0, 0.05) is 23.6 Å². The number of hydrogen-bond acceptors (Lipinski definition) is 2. The van der Waals surface area contributed by atoms with E-state index in [1.165, 1.54) is 18.6 Å².